The Bertz CT molecular complexity index is 453. The molecule has 1 amide bonds. The smallest absolute Gasteiger partial charge is 0.258 e. The van der Waals surface area contributed by atoms with Crippen LogP contribution in [0.15, 0.2) is 0 Å². The van der Waals surface area contributed by atoms with Gasteiger partial charge in [0.15, 0.2) is 5.82 Å². The number of piperidine rings is 1. The molecule has 1 fully saturated rings. The number of nitrogens with zero attached hydrogens (tertiary/aromatic N) is 2. The second-order valence-corrected chi connectivity index (χ2v) is 5.85. The molecule has 2 heterocycles. The summed E-state index contributed by atoms with van der Waals surface area (Å²) in [5.74, 6) is 0.103. The highest BCUT2D eigenvalue weighted by Gasteiger charge is 2.26. The maximum Gasteiger partial charge on any atom is 0.258 e. The van der Waals surface area contributed by atoms with Gasteiger partial charge in [0.05, 0.1) is 6.10 Å². The van der Waals surface area contributed by atoms with E-state index in [0.717, 1.165) is 18.1 Å². The van der Waals surface area contributed by atoms with Crippen LogP contribution in [0.3, 0.4) is 0 Å². The van der Waals surface area contributed by atoms with E-state index in [9.17, 15) is 9.90 Å². The molecule has 7 heteroatoms. The molecule has 0 radical (unpaired) electrons. The minimum atomic E-state index is -0.241. The van der Waals surface area contributed by atoms with E-state index in [1.165, 1.54) is 11.5 Å². The Morgan fingerprint density at radius 3 is 2.74 bits per heavy atom. The van der Waals surface area contributed by atoms with Crippen LogP contribution < -0.4 is 16.0 Å². The average molecular weight is 284 g/mol. The number of nitrogen functional groups attached to an aromatic ring is 1. The molecule has 19 heavy (non-hydrogen) atoms. The first kappa shape index (κ1) is 14.1. The number of aliphatic hydroxyl groups is 1. The topological polar surface area (TPSA) is 91.5 Å². The third-order valence-electron chi connectivity index (χ3n) is 3.10. The second-order valence-electron chi connectivity index (χ2n) is 5.09. The lowest BCUT2D eigenvalue weighted by molar-refractivity contribution is 0.0944. The molecule has 0 aromatic carbocycles. The maximum absolute atomic E-state index is 12.2. The van der Waals surface area contributed by atoms with Crippen molar-refractivity contribution in [2.45, 2.75) is 38.8 Å². The number of carbonyl (C=O) groups is 1. The Hall–Kier alpha value is -1.34. The first-order valence-corrected chi connectivity index (χ1v) is 7.25. The predicted octanol–water partition coefficient (Wildman–Crippen LogP) is 0.825. The van der Waals surface area contributed by atoms with E-state index in [2.05, 4.69) is 14.6 Å². The van der Waals surface area contributed by atoms with Crippen molar-refractivity contribution in [1.29, 1.82) is 0 Å². The lowest BCUT2D eigenvalue weighted by Gasteiger charge is -2.30. The van der Waals surface area contributed by atoms with Gasteiger partial charge in [0.1, 0.15) is 10.6 Å². The molecule has 0 aliphatic carbocycles. The van der Waals surface area contributed by atoms with Crippen LogP contribution in [0, 0.1) is 0 Å². The SMILES string of the molecule is CC(C)NC(=O)c1c(N)nsc1N1CCC(O)CC1. The average Bonchev–Trinajstić information content (AvgIpc) is 2.71. The van der Waals surface area contributed by atoms with Crippen molar-refractivity contribution >= 4 is 28.3 Å². The first-order chi connectivity index (χ1) is 8.99. The minimum Gasteiger partial charge on any atom is -0.393 e. The Labute approximate surface area is 116 Å². The molecule has 4 N–H and O–H groups in total. The molecule has 6 nitrogen and oxygen atoms in total. The molecule has 0 unspecified atom stereocenters. The van der Waals surface area contributed by atoms with E-state index >= 15 is 0 Å². The van der Waals surface area contributed by atoms with Gasteiger partial charge in [-0.15, -0.1) is 0 Å². The van der Waals surface area contributed by atoms with E-state index in [4.69, 9.17) is 5.73 Å². The van der Waals surface area contributed by atoms with E-state index in [1.54, 1.807) is 0 Å². The Morgan fingerprint density at radius 1 is 1.53 bits per heavy atom. The summed E-state index contributed by atoms with van der Waals surface area (Å²) in [6.07, 6.45) is 1.18. The maximum atomic E-state index is 12.2. The lowest BCUT2D eigenvalue weighted by Crippen LogP contribution is -2.37. The molecular weight excluding hydrogens is 264 g/mol. The fourth-order valence-electron chi connectivity index (χ4n) is 2.13. The monoisotopic (exact) mass is 284 g/mol. The number of carbonyl (C=O) groups excluding carboxylic acids is 1. The number of hydrogen-bond acceptors (Lipinski definition) is 6. The zero-order valence-corrected chi connectivity index (χ0v) is 12.0. The molecule has 0 spiro atoms. The largest absolute Gasteiger partial charge is 0.393 e. The molecular formula is C12H20N4O2S. The van der Waals surface area contributed by atoms with Crippen LogP contribution in [0.5, 0.6) is 0 Å². The number of rotatable bonds is 3. The summed E-state index contributed by atoms with van der Waals surface area (Å²) in [6, 6.07) is 0.0582. The van der Waals surface area contributed by atoms with Crippen molar-refractivity contribution in [1.82, 2.24) is 9.69 Å². The molecule has 1 saturated heterocycles. The number of nitrogens with one attached hydrogen (secondary N) is 1. The molecule has 2 rings (SSSR count). The highest BCUT2D eigenvalue weighted by molar-refractivity contribution is 7.11. The molecule has 1 aromatic rings. The zero-order chi connectivity index (χ0) is 14.0. The van der Waals surface area contributed by atoms with Crippen LogP contribution in [0.25, 0.3) is 0 Å². The van der Waals surface area contributed by atoms with Crippen LogP contribution in [0.2, 0.25) is 0 Å². The van der Waals surface area contributed by atoms with Crippen molar-refractivity contribution < 1.29 is 9.90 Å². The van der Waals surface area contributed by atoms with E-state index in [0.29, 0.717) is 18.4 Å². The van der Waals surface area contributed by atoms with Gasteiger partial charge >= 0.3 is 0 Å². The van der Waals surface area contributed by atoms with Crippen LogP contribution in [0.1, 0.15) is 37.0 Å². The van der Waals surface area contributed by atoms with Crippen LogP contribution >= 0.6 is 11.5 Å². The highest BCUT2D eigenvalue weighted by Crippen LogP contribution is 2.32. The van der Waals surface area contributed by atoms with Crippen LogP contribution in [0.4, 0.5) is 10.8 Å². The predicted molar refractivity (Wildman–Crippen MR) is 76.6 cm³/mol. The van der Waals surface area contributed by atoms with Crippen LogP contribution in [-0.4, -0.2) is 40.6 Å². The molecule has 1 aliphatic heterocycles. The zero-order valence-electron chi connectivity index (χ0n) is 11.2. The minimum absolute atomic E-state index is 0.0582. The Kier molecular flexibility index (Phi) is 4.26. The number of amides is 1. The Morgan fingerprint density at radius 2 is 2.16 bits per heavy atom. The molecule has 0 saturated carbocycles. The summed E-state index contributed by atoms with van der Waals surface area (Å²) < 4.78 is 4.09. The number of aliphatic hydroxyl groups excluding tert-OH is 1. The van der Waals surface area contributed by atoms with Gasteiger partial charge in [-0.1, -0.05) is 0 Å². The quantitative estimate of drug-likeness (QED) is 0.764. The third-order valence-corrected chi connectivity index (χ3v) is 4.02. The van der Waals surface area contributed by atoms with E-state index in [-0.39, 0.29) is 23.9 Å². The van der Waals surface area contributed by atoms with Gasteiger partial charge in [-0.05, 0) is 38.2 Å². The molecule has 0 bridgehead atoms. The van der Waals surface area contributed by atoms with Crippen molar-refractivity contribution in [2.75, 3.05) is 23.7 Å². The number of hydrogen-bond donors (Lipinski definition) is 3. The van der Waals surface area contributed by atoms with Gasteiger partial charge in [-0.2, -0.15) is 4.37 Å². The van der Waals surface area contributed by atoms with Gasteiger partial charge in [0.25, 0.3) is 5.91 Å². The lowest BCUT2D eigenvalue weighted by atomic mass is 10.1. The molecule has 1 aliphatic rings. The van der Waals surface area contributed by atoms with E-state index in [1.807, 2.05) is 13.8 Å². The standard InChI is InChI=1S/C12H20N4O2S/c1-7(2)14-11(18)9-10(13)15-19-12(9)16-5-3-8(17)4-6-16/h7-8,17H,3-6H2,1-2H3,(H2,13,15)(H,14,18). The third kappa shape index (κ3) is 3.16. The van der Waals surface area contributed by atoms with Crippen LogP contribution in [-0.2, 0) is 0 Å². The summed E-state index contributed by atoms with van der Waals surface area (Å²) >= 11 is 1.25. The summed E-state index contributed by atoms with van der Waals surface area (Å²) in [4.78, 5) is 14.2. The number of aromatic nitrogens is 1. The fourth-order valence-corrected chi connectivity index (χ4v) is 2.99. The summed E-state index contributed by atoms with van der Waals surface area (Å²) in [7, 11) is 0. The van der Waals surface area contributed by atoms with Gasteiger partial charge in [-0.3, -0.25) is 4.79 Å². The number of anilines is 2. The molecule has 0 atom stereocenters. The van der Waals surface area contributed by atoms with Crippen molar-refractivity contribution in [3.8, 4) is 0 Å². The Balaban J connectivity index is 2.20. The van der Waals surface area contributed by atoms with Gasteiger partial charge in [0, 0.05) is 19.1 Å². The highest BCUT2D eigenvalue weighted by atomic mass is 32.1. The van der Waals surface area contributed by atoms with Gasteiger partial charge < -0.3 is 21.1 Å². The molecule has 106 valence electrons. The second kappa shape index (κ2) is 5.75. The van der Waals surface area contributed by atoms with Crippen molar-refractivity contribution in [2.24, 2.45) is 0 Å². The summed E-state index contributed by atoms with van der Waals surface area (Å²) in [5, 5.41) is 13.2. The molecule has 1 aromatic heterocycles. The van der Waals surface area contributed by atoms with Gasteiger partial charge in [-0.25, -0.2) is 0 Å². The number of nitrogens with two attached hydrogens (primary N) is 1. The van der Waals surface area contributed by atoms with Gasteiger partial charge in [0.2, 0.25) is 0 Å². The first-order valence-electron chi connectivity index (χ1n) is 6.48. The normalized spacial score (nSPS) is 16.9. The van der Waals surface area contributed by atoms with E-state index < -0.39 is 0 Å². The van der Waals surface area contributed by atoms with Crippen molar-refractivity contribution in [3.63, 3.8) is 0 Å². The van der Waals surface area contributed by atoms with Crippen molar-refractivity contribution in [3.05, 3.63) is 5.56 Å². The summed E-state index contributed by atoms with van der Waals surface area (Å²) in [5.41, 5.74) is 6.28. The fraction of sp³-hybridized carbons (Fsp3) is 0.667. The summed E-state index contributed by atoms with van der Waals surface area (Å²) in [6.45, 7) is 5.27.